The van der Waals surface area contributed by atoms with Crippen molar-refractivity contribution in [1.29, 1.82) is 0 Å². The molecule has 12 nitrogen and oxygen atoms in total. The number of benzene rings is 11. The number of rotatable bonds is 8. The third kappa shape index (κ3) is 26.9. The van der Waals surface area contributed by atoms with E-state index in [2.05, 4.69) is 144 Å². The molecule has 0 saturated heterocycles. The van der Waals surface area contributed by atoms with Crippen molar-refractivity contribution in [3.05, 3.63) is 380 Å². The Balaban J connectivity index is 0.000000222. The number of carbonyl (C=O) groups excluding carboxylic acids is 6. The average Bonchev–Trinajstić information content (AvgIpc) is 0.892. The van der Waals surface area contributed by atoms with Crippen LogP contribution in [-0.2, 0) is 0 Å². The Kier molecular flexibility index (Phi) is 30.8. The molecule has 0 fully saturated rings. The minimum atomic E-state index is -0.376. The minimum absolute atomic E-state index is 0.260. The molecule has 0 spiro atoms. The Morgan fingerprint density at radius 3 is 0.582 bits per heavy atom. The molecule has 11 aromatic carbocycles. The topological polar surface area (TPSA) is 175 Å². The number of hydrogen-bond acceptors (Lipinski definition) is 6. The maximum Gasteiger partial charge on any atom is 0.255 e. The zero-order valence-electron chi connectivity index (χ0n) is 56.2. The van der Waals surface area contributed by atoms with Crippen molar-refractivity contribution in [1.82, 2.24) is 21.3 Å². The zero-order valence-corrected chi connectivity index (χ0v) is 56.2. The fourth-order valence-corrected chi connectivity index (χ4v) is 8.57. The van der Waals surface area contributed by atoms with Gasteiger partial charge in [0, 0.05) is 106 Å². The smallest absolute Gasteiger partial charge is 0.255 e. The van der Waals surface area contributed by atoms with Gasteiger partial charge in [0.1, 0.15) is 0 Å². The van der Waals surface area contributed by atoms with Crippen LogP contribution in [0.1, 0.15) is 118 Å². The van der Waals surface area contributed by atoms with Crippen LogP contribution in [0.4, 0.5) is 11.4 Å². The van der Waals surface area contributed by atoms with Gasteiger partial charge < -0.3 is 31.9 Å². The normalized spacial score (nSPS) is 9.43. The predicted molar refractivity (Wildman–Crippen MR) is 397 cm³/mol. The Hall–Kier alpha value is -13.1. The van der Waals surface area contributed by atoms with Crippen molar-refractivity contribution in [2.75, 3.05) is 38.8 Å². The second kappa shape index (κ2) is 40.8. The second-order valence-corrected chi connectivity index (χ2v) is 21.7. The summed E-state index contributed by atoms with van der Waals surface area (Å²) in [6.07, 6.45) is 0. The molecule has 0 atom stereocenters. The van der Waals surface area contributed by atoms with Gasteiger partial charge in [-0.3, -0.25) is 28.8 Å². The second-order valence-electron chi connectivity index (χ2n) is 21.7. The first-order chi connectivity index (χ1) is 47.5. The molecule has 0 aliphatic carbocycles. The molecular weight excluding hydrogens is 1210 g/mol. The van der Waals surface area contributed by atoms with Gasteiger partial charge in [0.15, 0.2) is 0 Å². The van der Waals surface area contributed by atoms with E-state index in [1.165, 1.54) is 86.8 Å². The van der Waals surface area contributed by atoms with E-state index in [0.29, 0.717) is 22.5 Å². The summed E-state index contributed by atoms with van der Waals surface area (Å²) in [5.74, 6) is 16.4. The summed E-state index contributed by atoms with van der Waals surface area (Å²) >= 11 is 0. The van der Waals surface area contributed by atoms with Crippen LogP contribution in [0.25, 0.3) is 0 Å². The third-order valence-electron chi connectivity index (χ3n) is 13.9. The van der Waals surface area contributed by atoms with Crippen LogP contribution in [0, 0.1) is 63.2 Å². The van der Waals surface area contributed by atoms with E-state index in [0.717, 1.165) is 33.4 Å². The summed E-state index contributed by atoms with van der Waals surface area (Å²) in [5.41, 5.74) is 13.0. The number of hydrogen-bond donors (Lipinski definition) is 6. The van der Waals surface area contributed by atoms with Crippen LogP contribution in [0.2, 0.25) is 0 Å². The molecule has 0 bridgehead atoms. The summed E-state index contributed by atoms with van der Waals surface area (Å²) in [6, 6.07) is 90.9. The van der Waals surface area contributed by atoms with E-state index in [1.807, 2.05) is 158 Å². The average molecular weight is 1290 g/mol. The number of amides is 6. The van der Waals surface area contributed by atoms with Crippen molar-refractivity contribution < 1.29 is 28.8 Å². The largest absolute Gasteiger partial charge is 0.355 e. The lowest BCUT2D eigenvalue weighted by molar-refractivity contribution is 0.0947. The van der Waals surface area contributed by atoms with Crippen LogP contribution >= 0.6 is 0 Å². The molecule has 12 heteroatoms. The van der Waals surface area contributed by atoms with Crippen LogP contribution in [0.5, 0.6) is 0 Å². The van der Waals surface area contributed by atoms with Gasteiger partial charge in [0.25, 0.3) is 35.4 Å². The van der Waals surface area contributed by atoms with Crippen molar-refractivity contribution >= 4 is 46.8 Å². The summed E-state index contributed by atoms with van der Waals surface area (Å²) in [4.78, 5) is 73.7. The SMILES string of the molecule is CNC(=O)c1cc(NC(=O)c2ccc(C#Cc3ccc(C#Cc4ccccc4)cc3)cc2)cc(C(=O)NC)c1.CNC(=O)c1cc(NC(=O)c2ccc(C#Cc3ccccc3)cc2)cc(C(=O)NC)c1.Cc1ccccc1.Cc1ccccc1.Cc1ccccc1.Cc1ccccc1. The molecule has 6 amide bonds. The molecule has 0 aliphatic rings. The maximum absolute atomic E-state index is 12.8. The lowest BCUT2D eigenvalue weighted by Gasteiger charge is -2.10. The number of anilines is 2. The molecule has 0 unspecified atom stereocenters. The highest BCUT2D eigenvalue weighted by molar-refractivity contribution is 6.08. The highest BCUT2D eigenvalue weighted by Crippen LogP contribution is 2.20. The van der Waals surface area contributed by atoms with Gasteiger partial charge in [-0.05, 0) is 161 Å². The molecule has 11 rings (SSSR count). The molecule has 0 radical (unpaired) electrons. The number of carbonyl (C=O) groups is 6. The Morgan fingerprint density at radius 1 is 0.214 bits per heavy atom. The van der Waals surface area contributed by atoms with Gasteiger partial charge >= 0.3 is 0 Å². The minimum Gasteiger partial charge on any atom is -0.355 e. The first kappa shape index (κ1) is 74.0. The Bertz CT molecular complexity index is 4340. The van der Waals surface area contributed by atoms with Crippen molar-refractivity contribution in [3.63, 3.8) is 0 Å². The number of nitrogens with one attached hydrogen (secondary N) is 6. The van der Waals surface area contributed by atoms with E-state index in [9.17, 15) is 28.8 Å². The molecule has 0 saturated carbocycles. The summed E-state index contributed by atoms with van der Waals surface area (Å²) in [7, 11) is 5.98. The van der Waals surface area contributed by atoms with Crippen molar-refractivity contribution in [3.8, 4) is 35.5 Å². The quantitative estimate of drug-likeness (QED) is 0.0826. The fourth-order valence-electron chi connectivity index (χ4n) is 8.57. The molecule has 11 aromatic rings. The van der Waals surface area contributed by atoms with Gasteiger partial charge in [-0.25, -0.2) is 0 Å². The first-order valence-corrected chi connectivity index (χ1v) is 31.4. The van der Waals surface area contributed by atoms with Crippen LogP contribution < -0.4 is 31.9 Å². The zero-order chi connectivity index (χ0) is 70.3. The van der Waals surface area contributed by atoms with Crippen LogP contribution in [0.3, 0.4) is 0 Å². The van der Waals surface area contributed by atoms with Gasteiger partial charge in [-0.1, -0.05) is 216 Å². The molecule has 488 valence electrons. The highest BCUT2D eigenvalue weighted by Gasteiger charge is 2.16. The van der Waals surface area contributed by atoms with E-state index >= 15 is 0 Å². The maximum atomic E-state index is 12.8. The van der Waals surface area contributed by atoms with E-state index < -0.39 is 0 Å². The molecule has 6 N–H and O–H groups in total. The first-order valence-electron chi connectivity index (χ1n) is 31.4. The van der Waals surface area contributed by atoms with Gasteiger partial charge in [0.05, 0.1) is 0 Å². The molecule has 98 heavy (non-hydrogen) atoms. The van der Waals surface area contributed by atoms with Crippen LogP contribution in [-0.4, -0.2) is 63.6 Å². The standard InChI is InChI=1S/C33H25N3O3.C25H21N3O3.4C7H8/c1-34-31(37)28-20-29(32(38)35-2)22-30(21-28)36-33(39)27-18-16-26(17-19-27)15-14-25-12-10-24(11-13-25)9-8-23-6-4-3-5-7-23;1-26-23(29)20-14-21(24(30)27-2)16-22(15-20)28-25(31)19-12-10-18(11-13-19)9-8-17-6-4-3-5-7-17;4*1-7-5-3-2-4-6-7/h3-7,10-13,16-22H,1-2H3,(H,34,37)(H,35,38)(H,36,39);3-7,10-16H,1-2H3,(H,26,29)(H,27,30)(H,28,31);4*2-6H,1H3. The van der Waals surface area contributed by atoms with Gasteiger partial charge in [-0.15, -0.1) is 0 Å². The molecule has 0 heterocycles. The van der Waals surface area contributed by atoms with Crippen molar-refractivity contribution in [2.24, 2.45) is 0 Å². The monoisotopic (exact) mass is 1290 g/mol. The molecule has 0 aliphatic heterocycles. The van der Waals surface area contributed by atoms with E-state index in [-0.39, 0.29) is 57.7 Å². The van der Waals surface area contributed by atoms with Gasteiger partial charge in [0.2, 0.25) is 0 Å². The summed E-state index contributed by atoms with van der Waals surface area (Å²) in [6.45, 7) is 8.33. The Morgan fingerprint density at radius 2 is 0.398 bits per heavy atom. The predicted octanol–water partition coefficient (Wildman–Crippen LogP) is 15.5. The molecule has 0 aromatic heterocycles. The number of aryl methyl sites for hydroxylation is 4. The fraction of sp³-hybridized carbons (Fsp3) is 0.0930. The Labute approximate surface area is 576 Å². The lowest BCUT2D eigenvalue weighted by atomic mass is 10.1. The third-order valence-corrected chi connectivity index (χ3v) is 13.9. The van der Waals surface area contributed by atoms with E-state index in [4.69, 9.17) is 0 Å². The molecular formula is C86H78N6O6. The van der Waals surface area contributed by atoms with Crippen molar-refractivity contribution in [2.45, 2.75) is 27.7 Å². The van der Waals surface area contributed by atoms with Crippen LogP contribution in [0.15, 0.2) is 291 Å². The summed E-state index contributed by atoms with van der Waals surface area (Å²) < 4.78 is 0. The van der Waals surface area contributed by atoms with E-state index in [1.54, 1.807) is 48.5 Å². The lowest BCUT2D eigenvalue weighted by Crippen LogP contribution is -2.22. The highest BCUT2D eigenvalue weighted by atomic mass is 16.2. The van der Waals surface area contributed by atoms with Gasteiger partial charge in [-0.2, -0.15) is 0 Å². The summed E-state index contributed by atoms with van der Waals surface area (Å²) in [5, 5.41) is 15.6.